The zero-order valence-corrected chi connectivity index (χ0v) is 12.5. The van der Waals surface area contributed by atoms with Crippen LogP contribution in [0.1, 0.15) is 22.3 Å². The van der Waals surface area contributed by atoms with Crippen molar-refractivity contribution in [3.8, 4) is 0 Å². The van der Waals surface area contributed by atoms with Crippen molar-refractivity contribution in [2.75, 3.05) is 6.54 Å². The fourth-order valence-corrected chi connectivity index (χ4v) is 2.83. The smallest absolute Gasteiger partial charge is 0.326 e. The van der Waals surface area contributed by atoms with Gasteiger partial charge in [-0.15, -0.1) is 0 Å². The molecule has 0 saturated carbocycles. The molecule has 2 atom stereocenters. The summed E-state index contributed by atoms with van der Waals surface area (Å²) in [5, 5.41) is 18.7. The van der Waals surface area contributed by atoms with Crippen LogP contribution in [-0.2, 0) is 4.79 Å². The summed E-state index contributed by atoms with van der Waals surface area (Å²) >= 11 is 2.08. The summed E-state index contributed by atoms with van der Waals surface area (Å²) < 4.78 is 0.815. The monoisotopic (exact) mass is 375 g/mol. The van der Waals surface area contributed by atoms with Crippen molar-refractivity contribution in [1.82, 2.24) is 4.90 Å². The number of aliphatic carboxylic acids is 1. The number of carboxylic acid groups (broad SMARTS) is 1. The second-order valence-electron chi connectivity index (χ2n) is 4.64. The van der Waals surface area contributed by atoms with Gasteiger partial charge < -0.3 is 15.1 Å². The molecule has 2 rings (SSSR count). The van der Waals surface area contributed by atoms with E-state index in [0.717, 1.165) is 9.13 Å². The van der Waals surface area contributed by atoms with Gasteiger partial charge in [0.2, 0.25) is 0 Å². The van der Waals surface area contributed by atoms with E-state index < -0.39 is 18.1 Å². The lowest BCUT2D eigenvalue weighted by Crippen LogP contribution is -2.40. The number of nitrogens with zero attached hydrogens (tertiary/aromatic N) is 1. The fourth-order valence-electron chi connectivity index (χ4n) is 2.24. The molecule has 1 amide bonds. The van der Waals surface area contributed by atoms with Crippen LogP contribution in [0.5, 0.6) is 0 Å². The molecule has 102 valence electrons. The molecule has 0 aromatic heterocycles. The molecule has 1 fully saturated rings. The largest absolute Gasteiger partial charge is 0.480 e. The zero-order chi connectivity index (χ0) is 14.2. The maximum atomic E-state index is 12.4. The van der Waals surface area contributed by atoms with Crippen LogP contribution in [0.15, 0.2) is 18.2 Å². The Labute approximate surface area is 124 Å². The average Bonchev–Trinajstić information content (AvgIpc) is 2.74. The Kier molecular flexibility index (Phi) is 4.10. The molecule has 2 unspecified atom stereocenters. The van der Waals surface area contributed by atoms with E-state index in [4.69, 9.17) is 5.11 Å². The maximum Gasteiger partial charge on any atom is 0.326 e. The molecule has 6 heteroatoms. The van der Waals surface area contributed by atoms with Gasteiger partial charge >= 0.3 is 5.97 Å². The van der Waals surface area contributed by atoms with Gasteiger partial charge in [-0.25, -0.2) is 4.79 Å². The first-order valence-corrected chi connectivity index (χ1v) is 6.96. The number of halogens is 1. The number of rotatable bonds is 2. The van der Waals surface area contributed by atoms with E-state index in [-0.39, 0.29) is 18.9 Å². The number of aryl methyl sites for hydroxylation is 1. The number of carboxylic acids is 1. The quantitative estimate of drug-likeness (QED) is 0.764. The molecule has 0 bridgehead atoms. The highest BCUT2D eigenvalue weighted by molar-refractivity contribution is 14.1. The Morgan fingerprint density at radius 1 is 1.42 bits per heavy atom. The molecule has 1 aliphatic heterocycles. The van der Waals surface area contributed by atoms with Crippen molar-refractivity contribution in [2.24, 2.45) is 0 Å². The van der Waals surface area contributed by atoms with Crippen molar-refractivity contribution in [3.05, 3.63) is 32.9 Å². The molecule has 19 heavy (non-hydrogen) atoms. The second-order valence-corrected chi connectivity index (χ2v) is 5.72. The van der Waals surface area contributed by atoms with Crippen LogP contribution < -0.4 is 0 Å². The molecule has 5 nitrogen and oxygen atoms in total. The molecule has 0 aliphatic carbocycles. The SMILES string of the molecule is Cc1cccc(C(=O)N2CC(O)CC2C(=O)O)c1I. The van der Waals surface area contributed by atoms with Crippen LogP contribution in [0.2, 0.25) is 0 Å². The summed E-state index contributed by atoms with van der Waals surface area (Å²) in [7, 11) is 0. The lowest BCUT2D eigenvalue weighted by Gasteiger charge is -2.22. The van der Waals surface area contributed by atoms with Gasteiger partial charge in [0.05, 0.1) is 11.7 Å². The molecular formula is C13H14INO4. The average molecular weight is 375 g/mol. The van der Waals surface area contributed by atoms with Crippen LogP contribution >= 0.6 is 22.6 Å². The first kappa shape index (κ1) is 14.3. The Morgan fingerprint density at radius 2 is 2.11 bits per heavy atom. The fraction of sp³-hybridized carbons (Fsp3) is 0.385. The van der Waals surface area contributed by atoms with Crippen LogP contribution in [-0.4, -0.2) is 45.7 Å². The van der Waals surface area contributed by atoms with Crippen LogP contribution in [0.4, 0.5) is 0 Å². The standard InChI is InChI=1S/C13H14INO4/c1-7-3-2-4-9(11(7)14)12(17)15-6-8(16)5-10(15)13(18)19/h2-4,8,10,16H,5-6H2,1H3,(H,18,19). The third-order valence-corrected chi connectivity index (χ3v) is 4.68. The number of hydrogen-bond donors (Lipinski definition) is 2. The highest BCUT2D eigenvalue weighted by Crippen LogP contribution is 2.24. The topological polar surface area (TPSA) is 77.8 Å². The highest BCUT2D eigenvalue weighted by atomic mass is 127. The van der Waals surface area contributed by atoms with Crippen LogP contribution in [0, 0.1) is 10.5 Å². The molecule has 0 radical (unpaired) electrons. The number of amides is 1. The first-order valence-electron chi connectivity index (χ1n) is 5.88. The molecule has 0 spiro atoms. The van der Waals surface area contributed by atoms with Gasteiger partial charge in [0.15, 0.2) is 0 Å². The highest BCUT2D eigenvalue weighted by Gasteiger charge is 2.39. The summed E-state index contributed by atoms with van der Waals surface area (Å²) in [6.07, 6.45) is -0.684. The number of carbonyl (C=O) groups is 2. The van der Waals surface area contributed by atoms with E-state index in [1.54, 1.807) is 12.1 Å². The molecular weight excluding hydrogens is 361 g/mol. The van der Waals surface area contributed by atoms with Gasteiger partial charge in [-0.05, 0) is 41.1 Å². The normalized spacial score (nSPS) is 22.6. The molecule has 2 N–H and O–H groups in total. The maximum absolute atomic E-state index is 12.4. The van der Waals surface area contributed by atoms with Crippen molar-refractivity contribution in [1.29, 1.82) is 0 Å². The lowest BCUT2D eigenvalue weighted by atomic mass is 10.1. The van der Waals surface area contributed by atoms with E-state index in [0.29, 0.717) is 5.56 Å². The number of hydrogen-bond acceptors (Lipinski definition) is 3. The van der Waals surface area contributed by atoms with Gasteiger partial charge in [0, 0.05) is 16.5 Å². The Bertz CT molecular complexity index is 531. The minimum Gasteiger partial charge on any atom is -0.480 e. The van der Waals surface area contributed by atoms with Gasteiger partial charge in [-0.2, -0.15) is 0 Å². The second kappa shape index (κ2) is 5.46. The molecule has 1 saturated heterocycles. The van der Waals surface area contributed by atoms with E-state index in [1.165, 1.54) is 4.90 Å². The van der Waals surface area contributed by atoms with Crippen molar-refractivity contribution < 1.29 is 19.8 Å². The lowest BCUT2D eigenvalue weighted by molar-refractivity contribution is -0.141. The number of likely N-dealkylation sites (tertiary alicyclic amines) is 1. The predicted octanol–water partition coefficient (Wildman–Crippen LogP) is 1.26. The summed E-state index contributed by atoms with van der Waals surface area (Å²) in [4.78, 5) is 24.8. The van der Waals surface area contributed by atoms with E-state index in [9.17, 15) is 14.7 Å². The summed E-state index contributed by atoms with van der Waals surface area (Å²) in [5.74, 6) is -1.41. The van der Waals surface area contributed by atoms with Gasteiger partial charge in [-0.3, -0.25) is 4.79 Å². The van der Waals surface area contributed by atoms with Gasteiger partial charge in [0.1, 0.15) is 6.04 Å². The summed E-state index contributed by atoms with van der Waals surface area (Å²) in [5.41, 5.74) is 1.46. The number of aliphatic hydroxyl groups excluding tert-OH is 1. The van der Waals surface area contributed by atoms with Gasteiger partial charge in [-0.1, -0.05) is 12.1 Å². The predicted molar refractivity (Wildman–Crippen MR) is 77.0 cm³/mol. The number of benzene rings is 1. The summed E-state index contributed by atoms with van der Waals surface area (Å²) in [6, 6.07) is 4.40. The van der Waals surface area contributed by atoms with Crippen molar-refractivity contribution >= 4 is 34.5 Å². The third kappa shape index (κ3) is 2.74. The third-order valence-electron chi connectivity index (χ3n) is 3.25. The van der Waals surface area contributed by atoms with Crippen molar-refractivity contribution in [3.63, 3.8) is 0 Å². The van der Waals surface area contributed by atoms with E-state index in [1.807, 2.05) is 13.0 Å². The minimum atomic E-state index is -1.08. The molecule has 1 aromatic rings. The Balaban J connectivity index is 2.33. The van der Waals surface area contributed by atoms with E-state index >= 15 is 0 Å². The Hall–Kier alpha value is -1.15. The van der Waals surface area contributed by atoms with Crippen LogP contribution in [0.3, 0.4) is 0 Å². The molecule has 1 aliphatic rings. The summed E-state index contributed by atoms with van der Waals surface area (Å²) in [6.45, 7) is 1.96. The number of β-amino-alcohol motifs (C(OH)–C–C–N with tert-alkyl or cyclic N) is 1. The van der Waals surface area contributed by atoms with Crippen molar-refractivity contribution in [2.45, 2.75) is 25.5 Å². The zero-order valence-electron chi connectivity index (χ0n) is 10.3. The van der Waals surface area contributed by atoms with E-state index in [2.05, 4.69) is 22.6 Å². The Morgan fingerprint density at radius 3 is 2.74 bits per heavy atom. The van der Waals surface area contributed by atoms with Gasteiger partial charge in [0.25, 0.3) is 5.91 Å². The number of aliphatic hydroxyl groups is 1. The number of carbonyl (C=O) groups excluding carboxylic acids is 1. The first-order chi connectivity index (χ1) is 8.91. The molecule has 1 heterocycles. The molecule has 1 aromatic carbocycles. The minimum absolute atomic E-state index is 0.0693. The van der Waals surface area contributed by atoms with Crippen LogP contribution in [0.25, 0.3) is 0 Å².